The lowest BCUT2D eigenvalue weighted by atomic mass is 10.2. The maximum Gasteiger partial charge on any atom is 0.354 e. The summed E-state index contributed by atoms with van der Waals surface area (Å²) in [6.45, 7) is 0. The van der Waals surface area contributed by atoms with Crippen molar-refractivity contribution >= 4 is 5.97 Å². The van der Waals surface area contributed by atoms with E-state index in [1.807, 2.05) is 30.5 Å². The highest BCUT2D eigenvalue weighted by Gasteiger charge is 1.98. The van der Waals surface area contributed by atoms with Crippen molar-refractivity contribution in [2.24, 2.45) is 0 Å². The van der Waals surface area contributed by atoms with E-state index < -0.39 is 5.97 Å². The fourth-order valence-corrected chi connectivity index (χ4v) is 1.62. The van der Waals surface area contributed by atoms with Gasteiger partial charge >= 0.3 is 5.97 Å². The fourth-order valence-electron chi connectivity index (χ4n) is 1.62. The number of hydrogen-bond acceptors (Lipinski definition) is 2. The van der Waals surface area contributed by atoms with Gasteiger partial charge in [-0.3, -0.25) is 0 Å². The van der Waals surface area contributed by atoms with Gasteiger partial charge in [-0.25, -0.2) is 9.78 Å². The van der Waals surface area contributed by atoms with Gasteiger partial charge in [0.15, 0.2) is 0 Å². The van der Waals surface area contributed by atoms with Gasteiger partial charge in [0.25, 0.3) is 0 Å². The van der Waals surface area contributed by atoms with Crippen LogP contribution in [0.4, 0.5) is 0 Å². The Labute approximate surface area is 116 Å². The van der Waals surface area contributed by atoms with Crippen molar-refractivity contribution in [3.8, 4) is 11.3 Å². The standard InChI is InChI=1S/C10H9N.C6H5NO2/c1-2-5-9(6-3-1)10-7-4-8-11-10;8-6(9)5-3-1-2-4-7-5/h1-8,11H;1-4H,(H,8,9). The number of hydrogen-bond donors (Lipinski definition) is 2. The van der Waals surface area contributed by atoms with Gasteiger partial charge < -0.3 is 10.1 Å². The molecule has 0 aliphatic carbocycles. The third-order valence-electron chi connectivity index (χ3n) is 2.57. The molecular formula is C16H14N2O2. The molecular weight excluding hydrogens is 252 g/mol. The predicted molar refractivity (Wildman–Crippen MR) is 77.4 cm³/mol. The van der Waals surface area contributed by atoms with Gasteiger partial charge in [0, 0.05) is 18.1 Å². The number of carbonyl (C=O) groups is 1. The minimum atomic E-state index is -0.990. The molecule has 4 heteroatoms. The molecule has 2 aromatic heterocycles. The molecule has 0 radical (unpaired) electrons. The SMILES string of the molecule is O=C(O)c1ccccn1.c1ccc(-c2ccc[nH]2)cc1. The van der Waals surface area contributed by atoms with Crippen molar-refractivity contribution in [2.75, 3.05) is 0 Å². The summed E-state index contributed by atoms with van der Waals surface area (Å²) in [5.41, 5.74) is 2.49. The van der Waals surface area contributed by atoms with Crippen LogP contribution in [0.1, 0.15) is 10.5 Å². The zero-order valence-corrected chi connectivity index (χ0v) is 10.7. The van der Waals surface area contributed by atoms with E-state index >= 15 is 0 Å². The second-order valence-electron chi connectivity index (χ2n) is 3.97. The molecule has 0 amide bonds. The molecule has 0 atom stereocenters. The average molecular weight is 266 g/mol. The van der Waals surface area contributed by atoms with Gasteiger partial charge in [-0.2, -0.15) is 0 Å². The number of nitrogens with one attached hydrogen (secondary N) is 1. The van der Waals surface area contributed by atoms with Crippen LogP contribution in [-0.4, -0.2) is 21.0 Å². The van der Waals surface area contributed by atoms with Crippen LogP contribution in [0.2, 0.25) is 0 Å². The lowest BCUT2D eigenvalue weighted by molar-refractivity contribution is 0.0690. The van der Waals surface area contributed by atoms with Gasteiger partial charge in [-0.15, -0.1) is 0 Å². The summed E-state index contributed by atoms with van der Waals surface area (Å²) in [5, 5.41) is 8.32. The van der Waals surface area contributed by atoms with Crippen LogP contribution >= 0.6 is 0 Å². The number of aromatic carboxylic acids is 1. The molecule has 0 aliphatic heterocycles. The number of aromatic nitrogens is 2. The van der Waals surface area contributed by atoms with E-state index in [1.54, 1.807) is 12.1 Å². The van der Waals surface area contributed by atoms with Crippen LogP contribution < -0.4 is 0 Å². The number of carboxylic acid groups (broad SMARTS) is 1. The quantitative estimate of drug-likeness (QED) is 0.746. The second kappa shape index (κ2) is 6.89. The van der Waals surface area contributed by atoms with E-state index in [9.17, 15) is 4.79 Å². The topological polar surface area (TPSA) is 66.0 Å². The Kier molecular flexibility index (Phi) is 4.67. The smallest absolute Gasteiger partial charge is 0.354 e. The minimum Gasteiger partial charge on any atom is -0.477 e. The Bertz CT molecular complexity index is 635. The Morgan fingerprint density at radius 1 is 0.950 bits per heavy atom. The summed E-state index contributed by atoms with van der Waals surface area (Å²) >= 11 is 0. The summed E-state index contributed by atoms with van der Waals surface area (Å²) in [6, 6.07) is 19.1. The molecule has 20 heavy (non-hydrogen) atoms. The zero-order chi connectivity index (χ0) is 14.2. The first-order valence-corrected chi connectivity index (χ1v) is 6.10. The van der Waals surface area contributed by atoms with E-state index in [-0.39, 0.29) is 5.69 Å². The van der Waals surface area contributed by atoms with Crippen LogP contribution in [0.3, 0.4) is 0 Å². The maximum absolute atomic E-state index is 10.1. The molecule has 100 valence electrons. The van der Waals surface area contributed by atoms with Crippen molar-refractivity contribution in [2.45, 2.75) is 0 Å². The number of rotatable bonds is 2. The summed E-state index contributed by atoms with van der Waals surface area (Å²) in [7, 11) is 0. The van der Waals surface area contributed by atoms with Gasteiger partial charge in [0.05, 0.1) is 0 Å². The number of aromatic amines is 1. The van der Waals surface area contributed by atoms with Crippen LogP contribution in [-0.2, 0) is 0 Å². The van der Waals surface area contributed by atoms with Gasteiger partial charge in [0.1, 0.15) is 5.69 Å². The summed E-state index contributed by atoms with van der Waals surface area (Å²) in [5.74, 6) is -0.990. The molecule has 0 spiro atoms. The van der Waals surface area contributed by atoms with Gasteiger partial charge in [0.2, 0.25) is 0 Å². The molecule has 4 nitrogen and oxygen atoms in total. The summed E-state index contributed by atoms with van der Waals surface area (Å²) < 4.78 is 0. The number of benzene rings is 1. The Balaban J connectivity index is 0.000000151. The number of nitrogens with zero attached hydrogens (tertiary/aromatic N) is 1. The van der Waals surface area contributed by atoms with Crippen LogP contribution in [0.15, 0.2) is 73.1 Å². The molecule has 3 aromatic rings. The first kappa shape index (κ1) is 13.5. The van der Waals surface area contributed by atoms with Crippen LogP contribution in [0.5, 0.6) is 0 Å². The Morgan fingerprint density at radius 3 is 2.20 bits per heavy atom. The van der Waals surface area contributed by atoms with E-state index in [4.69, 9.17) is 5.11 Å². The minimum absolute atomic E-state index is 0.0810. The highest BCUT2D eigenvalue weighted by atomic mass is 16.4. The average Bonchev–Trinajstić information content (AvgIpc) is 3.04. The second-order valence-corrected chi connectivity index (χ2v) is 3.97. The lowest BCUT2D eigenvalue weighted by Gasteiger charge is -1.94. The molecule has 2 N–H and O–H groups in total. The first-order chi connectivity index (χ1) is 9.77. The van der Waals surface area contributed by atoms with Gasteiger partial charge in [-0.05, 0) is 29.8 Å². The fraction of sp³-hybridized carbons (Fsp3) is 0. The van der Waals surface area contributed by atoms with E-state index in [0.717, 1.165) is 0 Å². The van der Waals surface area contributed by atoms with Crippen LogP contribution in [0, 0.1) is 0 Å². The van der Waals surface area contributed by atoms with Crippen LogP contribution in [0.25, 0.3) is 11.3 Å². The largest absolute Gasteiger partial charge is 0.477 e. The highest BCUT2D eigenvalue weighted by Crippen LogP contribution is 2.14. The normalized spacial score (nSPS) is 9.40. The monoisotopic (exact) mass is 266 g/mol. The molecule has 0 saturated heterocycles. The molecule has 3 rings (SSSR count). The Hall–Kier alpha value is -2.88. The predicted octanol–water partition coefficient (Wildman–Crippen LogP) is 3.46. The number of carboxylic acids is 1. The third kappa shape index (κ3) is 3.81. The molecule has 2 heterocycles. The summed E-state index contributed by atoms with van der Waals surface area (Å²) in [4.78, 5) is 16.9. The van der Waals surface area contributed by atoms with Crippen molar-refractivity contribution in [1.29, 1.82) is 0 Å². The molecule has 0 saturated carbocycles. The first-order valence-electron chi connectivity index (χ1n) is 6.10. The molecule has 1 aromatic carbocycles. The van der Waals surface area contributed by atoms with E-state index in [0.29, 0.717) is 0 Å². The molecule has 0 aliphatic rings. The zero-order valence-electron chi connectivity index (χ0n) is 10.7. The third-order valence-corrected chi connectivity index (χ3v) is 2.57. The van der Waals surface area contributed by atoms with Crippen molar-refractivity contribution in [1.82, 2.24) is 9.97 Å². The lowest BCUT2D eigenvalue weighted by Crippen LogP contribution is -1.97. The molecule has 0 bridgehead atoms. The van der Waals surface area contributed by atoms with E-state index in [1.165, 1.54) is 23.5 Å². The Morgan fingerprint density at radius 2 is 1.70 bits per heavy atom. The van der Waals surface area contributed by atoms with Gasteiger partial charge in [-0.1, -0.05) is 36.4 Å². The highest BCUT2D eigenvalue weighted by molar-refractivity contribution is 5.85. The number of H-pyrrole nitrogens is 1. The molecule has 0 unspecified atom stereocenters. The van der Waals surface area contributed by atoms with E-state index in [2.05, 4.69) is 28.2 Å². The summed E-state index contributed by atoms with van der Waals surface area (Å²) in [6.07, 6.45) is 3.38. The van der Waals surface area contributed by atoms with Crippen molar-refractivity contribution < 1.29 is 9.90 Å². The van der Waals surface area contributed by atoms with Crippen molar-refractivity contribution in [3.63, 3.8) is 0 Å². The van der Waals surface area contributed by atoms with Crippen molar-refractivity contribution in [3.05, 3.63) is 78.8 Å². The number of pyridine rings is 1. The molecule has 0 fully saturated rings. The maximum atomic E-state index is 10.1.